The van der Waals surface area contributed by atoms with Gasteiger partial charge in [-0.1, -0.05) is 6.07 Å². The topological polar surface area (TPSA) is 59.1 Å². The summed E-state index contributed by atoms with van der Waals surface area (Å²) < 4.78 is 12.2. The second-order valence-corrected chi connectivity index (χ2v) is 2.20. The predicted molar refractivity (Wildman–Crippen MR) is 38.2 cm³/mol. The molecule has 0 aliphatic rings. The molecule has 1 aromatic heterocycles. The normalized spacial score (nSPS) is 13.0. The second-order valence-electron chi connectivity index (χ2n) is 2.20. The zero-order valence-electron chi connectivity index (χ0n) is 5.87. The van der Waals surface area contributed by atoms with Gasteiger partial charge in [0.15, 0.2) is 0 Å². The van der Waals surface area contributed by atoms with Crippen molar-refractivity contribution in [2.45, 2.75) is 6.04 Å². The summed E-state index contributed by atoms with van der Waals surface area (Å²) in [5.41, 5.74) is 6.07. The third kappa shape index (κ3) is 1.96. The van der Waals surface area contributed by atoms with Gasteiger partial charge in [0.25, 0.3) is 0 Å². The Bertz CT molecular complexity index is 224. The molecule has 0 aliphatic carbocycles. The van der Waals surface area contributed by atoms with E-state index < -0.39 is 12.0 Å². The number of aromatic nitrogens is 1. The molecule has 11 heavy (non-hydrogen) atoms. The zero-order valence-corrected chi connectivity index (χ0v) is 5.87. The molecule has 1 atom stereocenters. The highest BCUT2D eigenvalue weighted by molar-refractivity contribution is 5.13. The number of pyridine rings is 1. The Morgan fingerprint density at radius 3 is 2.82 bits per heavy atom. The Kier molecular flexibility index (Phi) is 2.51. The van der Waals surface area contributed by atoms with E-state index in [1.807, 2.05) is 0 Å². The first-order valence-corrected chi connectivity index (χ1v) is 3.22. The molecule has 0 aliphatic heterocycles. The molecule has 4 heteroatoms. The molecule has 0 unspecified atom stereocenters. The molecule has 3 nitrogen and oxygen atoms in total. The SMILES string of the molecule is N[C@H](CO)c1ccc(F)nc1. The van der Waals surface area contributed by atoms with Gasteiger partial charge in [0.05, 0.1) is 12.6 Å². The summed E-state index contributed by atoms with van der Waals surface area (Å²) in [7, 11) is 0. The lowest BCUT2D eigenvalue weighted by Crippen LogP contribution is -2.14. The summed E-state index contributed by atoms with van der Waals surface area (Å²) in [6.07, 6.45) is 1.32. The fourth-order valence-corrected chi connectivity index (χ4v) is 0.712. The van der Waals surface area contributed by atoms with Gasteiger partial charge in [-0.05, 0) is 11.6 Å². The fourth-order valence-electron chi connectivity index (χ4n) is 0.712. The molecule has 60 valence electrons. The van der Waals surface area contributed by atoms with Crippen molar-refractivity contribution in [1.82, 2.24) is 4.98 Å². The van der Waals surface area contributed by atoms with Crippen molar-refractivity contribution in [2.75, 3.05) is 6.61 Å². The molecule has 0 saturated carbocycles. The van der Waals surface area contributed by atoms with Gasteiger partial charge in [-0.3, -0.25) is 0 Å². The van der Waals surface area contributed by atoms with Gasteiger partial charge < -0.3 is 10.8 Å². The monoisotopic (exact) mass is 156 g/mol. The molecule has 3 N–H and O–H groups in total. The van der Waals surface area contributed by atoms with E-state index in [0.717, 1.165) is 0 Å². The van der Waals surface area contributed by atoms with Crippen LogP contribution in [0.2, 0.25) is 0 Å². The maximum absolute atomic E-state index is 12.2. The average Bonchev–Trinajstić information content (AvgIpc) is 2.05. The molecule has 0 fully saturated rings. The van der Waals surface area contributed by atoms with Crippen molar-refractivity contribution in [2.24, 2.45) is 5.73 Å². The van der Waals surface area contributed by atoms with Gasteiger partial charge in [0.2, 0.25) is 5.95 Å². The van der Waals surface area contributed by atoms with Crippen molar-refractivity contribution < 1.29 is 9.50 Å². The van der Waals surface area contributed by atoms with E-state index in [9.17, 15) is 4.39 Å². The number of hydrogen-bond donors (Lipinski definition) is 2. The molecule has 1 heterocycles. The minimum atomic E-state index is -0.543. The lowest BCUT2D eigenvalue weighted by Gasteiger charge is -2.06. The maximum Gasteiger partial charge on any atom is 0.212 e. The average molecular weight is 156 g/mol. The summed E-state index contributed by atoms with van der Waals surface area (Å²) in [6, 6.07) is 2.25. The van der Waals surface area contributed by atoms with Gasteiger partial charge >= 0.3 is 0 Å². The molecule has 0 bridgehead atoms. The number of aliphatic hydroxyl groups is 1. The van der Waals surface area contributed by atoms with Crippen LogP contribution in [0.4, 0.5) is 4.39 Å². The highest BCUT2D eigenvalue weighted by Crippen LogP contribution is 2.07. The van der Waals surface area contributed by atoms with Crippen LogP contribution in [0.5, 0.6) is 0 Å². The summed E-state index contributed by atoms with van der Waals surface area (Å²) >= 11 is 0. The molecule has 0 aromatic carbocycles. The number of nitrogens with zero attached hydrogens (tertiary/aromatic N) is 1. The van der Waals surface area contributed by atoms with Gasteiger partial charge in [-0.2, -0.15) is 4.39 Å². The number of aliphatic hydroxyl groups excluding tert-OH is 1. The van der Waals surface area contributed by atoms with Crippen molar-refractivity contribution >= 4 is 0 Å². The van der Waals surface area contributed by atoms with Gasteiger partial charge in [-0.15, -0.1) is 0 Å². The van der Waals surface area contributed by atoms with Crippen LogP contribution >= 0.6 is 0 Å². The lowest BCUT2D eigenvalue weighted by molar-refractivity contribution is 0.267. The van der Waals surface area contributed by atoms with Crippen LogP contribution < -0.4 is 5.73 Å². The first-order chi connectivity index (χ1) is 5.24. The van der Waals surface area contributed by atoms with Crippen molar-refractivity contribution in [3.63, 3.8) is 0 Å². The molecule has 0 saturated heterocycles. The van der Waals surface area contributed by atoms with Crippen LogP contribution in [0.1, 0.15) is 11.6 Å². The molecular formula is C7H9FN2O. The second kappa shape index (κ2) is 3.41. The standard InChI is InChI=1S/C7H9FN2O/c8-7-2-1-5(3-10-7)6(9)4-11/h1-3,6,11H,4,9H2/t6-/m1/s1. The zero-order chi connectivity index (χ0) is 8.27. The summed E-state index contributed by atoms with van der Waals surface area (Å²) in [5, 5.41) is 8.61. The third-order valence-corrected chi connectivity index (χ3v) is 1.38. The first-order valence-electron chi connectivity index (χ1n) is 3.22. The van der Waals surface area contributed by atoms with E-state index >= 15 is 0 Å². The largest absolute Gasteiger partial charge is 0.394 e. The Morgan fingerprint density at radius 1 is 1.64 bits per heavy atom. The van der Waals surface area contributed by atoms with E-state index in [-0.39, 0.29) is 6.61 Å². The molecule has 0 radical (unpaired) electrons. The Labute approximate surface area is 63.7 Å². The highest BCUT2D eigenvalue weighted by atomic mass is 19.1. The summed E-state index contributed by atoms with van der Waals surface area (Å²) in [5.74, 6) is -0.543. The minimum Gasteiger partial charge on any atom is -0.394 e. The van der Waals surface area contributed by atoms with Crippen LogP contribution in [0, 0.1) is 5.95 Å². The van der Waals surface area contributed by atoms with Gasteiger partial charge in [-0.25, -0.2) is 4.98 Å². The number of halogens is 1. The van der Waals surface area contributed by atoms with E-state index in [1.54, 1.807) is 0 Å². The van der Waals surface area contributed by atoms with Crippen LogP contribution in [0.3, 0.4) is 0 Å². The molecule has 0 spiro atoms. The van der Waals surface area contributed by atoms with E-state index in [0.29, 0.717) is 5.56 Å². The predicted octanol–water partition coefficient (Wildman–Crippen LogP) is 0.213. The van der Waals surface area contributed by atoms with Crippen molar-refractivity contribution in [1.29, 1.82) is 0 Å². The van der Waals surface area contributed by atoms with Crippen molar-refractivity contribution in [3.8, 4) is 0 Å². The van der Waals surface area contributed by atoms with Crippen LogP contribution in [0.15, 0.2) is 18.3 Å². The molecule has 0 amide bonds. The molecular weight excluding hydrogens is 147 g/mol. The first kappa shape index (κ1) is 8.10. The molecule has 1 rings (SSSR count). The maximum atomic E-state index is 12.2. The summed E-state index contributed by atoms with van der Waals surface area (Å²) in [6.45, 7) is -0.159. The molecule has 1 aromatic rings. The van der Waals surface area contributed by atoms with Crippen LogP contribution in [-0.2, 0) is 0 Å². The van der Waals surface area contributed by atoms with Gasteiger partial charge in [0.1, 0.15) is 0 Å². The Hall–Kier alpha value is -1.00. The number of hydrogen-bond acceptors (Lipinski definition) is 3. The van der Waals surface area contributed by atoms with Crippen LogP contribution in [0.25, 0.3) is 0 Å². The number of nitrogens with two attached hydrogens (primary N) is 1. The highest BCUT2D eigenvalue weighted by Gasteiger charge is 2.03. The summed E-state index contributed by atoms with van der Waals surface area (Å²) in [4.78, 5) is 3.39. The van der Waals surface area contributed by atoms with Crippen LogP contribution in [-0.4, -0.2) is 16.7 Å². The Morgan fingerprint density at radius 2 is 2.36 bits per heavy atom. The number of rotatable bonds is 2. The van der Waals surface area contributed by atoms with E-state index in [1.165, 1.54) is 18.3 Å². The van der Waals surface area contributed by atoms with E-state index in [4.69, 9.17) is 10.8 Å². The third-order valence-electron chi connectivity index (χ3n) is 1.38. The smallest absolute Gasteiger partial charge is 0.212 e. The van der Waals surface area contributed by atoms with Crippen molar-refractivity contribution in [3.05, 3.63) is 29.8 Å². The Balaban J connectivity index is 2.81. The fraction of sp³-hybridized carbons (Fsp3) is 0.286. The van der Waals surface area contributed by atoms with Gasteiger partial charge in [0, 0.05) is 6.20 Å². The lowest BCUT2D eigenvalue weighted by atomic mass is 10.1. The van der Waals surface area contributed by atoms with E-state index in [2.05, 4.69) is 4.98 Å². The quantitative estimate of drug-likeness (QED) is 0.602. The minimum absolute atomic E-state index is 0.159.